The van der Waals surface area contributed by atoms with Gasteiger partial charge in [0.25, 0.3) is 21.9 Å². The largest absolute Gasteiger partial charge is 0.477 e. The van der Waals surface area contributed by atoms with Gasteiger partial charge in [0.15, 0.2) is 0 Å². The van der Waals surface area contributed by atoms with Gasteiger partial charge in [0.1, 0.15) is 72.6 Å². The second-order valence-corrected chi connectivity index (χ2v) is 22.4. The molecule has 3 aliphatic carbocycles. The fourth-order valence-electron chi connectivity index (χ4n) is 7.94. The summed E-state index contributed by atoms with van der Waals surface area (Å²) in [5, 5.41) is 43.0. The van der Waals surface area contributed by atoms with E-state index in [0.717, 1.165) is 63.5 Å². The number of H-pyrrole nitrogens is 6. The van der Waals surface area contributed by atoms with Crippen molar-refractivity contribution in [2.45, 2.75) is 96.7 Å². The zero-order valence-electron chi connectivity index (χ0n) is 54.2. The molecule has 8 aromatic heterocycles. The maximum atomic E-state index is 11.7. The van der Waals surface area contributed by atoms with E-state index in [0.29, 0.717) is 46.9 Å². The summed E-state index contributed by atoms with van der Waals surface area (Å²) in [6, 6.07) is 8.21. The number of aromatic amines is 6. The molecule has 45 heteroatoms. The lowest BCUT2D eigenvalue weighted by molar-refractivity contribution is 0.0514. The highest BCUT2D eigenvalue weighted by Crippen LogP contribution is 2.28. The van der Waals surface area contributed by atoms with Crippen molar-refractivity contribution < 1.29 is 67.9 Å². The molecular weight excluding hydrogens is 1490 g/mol. The quantitative estimate of drug-likeness (QED) is 0.0173. The van der Waals surface area contributed by atoms with E-state index in [1.165, 1.54) is 42.5 Å². The lowest BCUT2D eigenvalue weighted by Crippen LogP contribution is -2.28. The lowest BCUT2D eigenvalue weighted by Gasteiger charge is -2.27. The molecule has 9 aromatic rings. The molecule has 0 bridgehead atoms. The summed E-state index contributed by atoms with van der Waals surface area (Å²) >= 11 is 27.4. The van der Waals surface area contributed by atoms with E-state index in [1.807, 2.05) is 27.1 Å². The number of benzene rings is 1. The van der Waals surface area contributed by atoms with Crippen molar-refractivity contribution in [3.05, 3.63) is 190 Å². The molecule has 1 aromatic carbocycles. The van der Waals surface area contributed by atoms with Gasteiger partial charge in [-0.05, 0) is 142 Å². The molecule has 0 aliphatic heterocycles. The highest BCUT2D eigenvalue weighted by Gasteiger charge is 2.26. The minimum atomic E-state index is -1.37. The molecular formula is C59H59Cl5N20O20. The van der Waals surface area contributed by atoms with Gasteiger partial charge in [-0.3, -0.25) is 34.1 Å². The van der Waals surface area contributed by atoms with E-state index in [4.69, 9.17) is 82.5 Å². The van der Waals surface area contributed by atoms with E-state index in [-0.39, 0.29) is 79.9 Å². The molecule has 8 heterocycles. The van der Waals surface area contributed by atoms with Crippen molar-refractivity contribution in [3.63, 3.8) is 0 Å². The van der Waals surface area contributed by atoms with E-state index < -0.39 is 80.4 Å². The number of hydrogen-bond acceptors (Lipinski definition) is 30. The van der Waals surface area contributed by atoms with Gasteiger partial charge < -0.3 is 65.3 Å². The number of esters is 3. The number of aromatic carboxylic acids is 3. The topological polar surface area (TPSA) is 584 Å². The number of carboxylic acid groups (broad SMARTS) is 3. The summed E-state index contributed by atoms with van der Waals surface area (Å²) < 4.78 is 14.2. The predicted molar refractivity (Wildman–Crippen MR) is 367 cm³/mol. The average molecular weight is 1550 g/mol. The van der Waals surface area contributed by atoms with Gasteiger partial charge in [-0.15, -0.1) is 5.10 Å². The van der Waals surface area contributed by atoms with Crippen molar-refractivity contribution in [1.82, 2.24) is 84.9 Å². The van der Waals surface area contributed by atoms with Crippen molar-refractivity contribution in [2.24, 2.45) is 0 Å². The van der Waals surface area contributed by atoms with Gasteiger partial charge >= 0.3 is 58.9 Å². The minimum absolute atomic E-state index is 0.00144. The smallest absolute Gasteiger partial charge is 0.347 e. The number of nitrogens with one attached hydrogen (secondary N) is 9. The molecule has 12 rings (SSSR count). The van der Waals surface area contributed by atoms with Gasteiger partial charge in [0, 0.05) is 55.3 Å². The number of carbonyl (C=O) groups is 7. The maximum absolute atomic E-state index is 11.7. The van der Waals surface area contributed by atoms with Crippen LogP contribution in [-0.2, 0) is 14.2 Å². The van der Waals surface area contributed by atoms with E-state index in [2.05, 4.69) is 80.8 Å². The maximum Gasteiger partial charge on any atom is 0.347 e. The van der Waals surface area contributed by atoms with Gasteiger partial charge in [-0.25, -0.2) is 68.1 Å². The van der Waals surface area contributed by atoms with Crippen LogP contribution in [0.4, 0.5) is 17.5 Å². The molecule has 104 heavy (non-hydrogen) atoms. The summed E-state index contributed by atoms with van der Waals surface area (Å²) in [5.74, 6) is -4.21. The summed E-state index contributed by atoms with van der Waals surface area (Å²) in [4.78, 5) is 190. The summed E-state index contributed by atoms with van der Waals surface area (Å²) in [5.41, 5.74) is -3.58. The number of para-hydroxylation sites is 1. The average Bonchev–Trinajstić information content (AvgIpc) is 1.47. The van der Waals surface area contributed by atoms with Crippen LogP contribution < -0.4 is 54.5 Å². The number of hydrogen-bond donors (Lipinski definition) is 12. The summed E-state index contributed by atoms with van der Waals surface area (Å²) in [6.45, 7) is 5.85. The van der Waals surface area contributed by atoms with Crippen LogP contribution in [0.1, 0.15) is 151 Å². The Morgan fingerprint density at radius 3 is 1.28 bits per heavy atom. The van der Waals surface area contributed by atoms with Crippen molar-refractivity contribution in [3.8, 4) is 6.01 Å². The van der Waals surface area contributed by atoms with Gasteiger partial charge in [0.2, 0.25) is 15.9 Å². The summed E-state index contributed by atoms with van der Waals surface area (Å²) in [6.07, 6.45) is 17.7. The van der Waals surface area contributed by atoms with Crippen LogP contribution >= 0.6 is 58.0 Å². The number of carboxylic acids is 3. The fourth-order valence-corrected chi connectivity index (χ4v) is 8.73. The molecule has 0 unspecified atom stereocenters. The highest BCUT2D eigenvalue weighted by atomic mass is 35.5. The Balaban J connectivity index is 0.000000194. The van der Waals surface area contributed by atoms with Crippen LogP contribution in [0, 0.1) is 0 Å². The molecule has 3 fully saturated rings. The van der Waals surface area contributed by atoms with Crippen LogP contribution in [0.15, 0.2) is 96.4 Å². The highest BCUT2D eigenvalue weighted by molar-refractivity contribution is 6.67. The normalized spacial score (nSPS) is 12.5. The number of ether oxygens (including phenoxy) is 3. The fraction of sp³-hybridized carbons (Fsp3) is 0.305. The van der Waals surface area contributed by atoms with Crippen LogP contribution in [0.3, 0.4) is 0 Å². The lowest BCUT2D eigenvalue weighted by atomic mass is 9.93. The number of halogens is 5. The zero-order valence-corrected chi connectivity index (χ0v) is 57.9. The first-order valence-corrected chi connectivity index (χ1v) is 32.2. The molecule has 40 nitrogen and oxygen atoms in total. The number of aromatic nitrogens is 17. The van der Waals surface area contributed by atoms with E-state index >= 15 is 0 Å². The molecule has 12 N–H and O–H groups in total. The van der Waals surface area contributed by atoms with Crippen LogP contribution in [0.25, 0.3) is 11.0 Å². The SMILES string of the molecule is CCOC(=O)c1c[nH]c(=O)[nH]c1=O.CCOC(=O)c1cnc(Cl)nc1Cl.CCOC(=O)c1cnc(Cl)nc1NC1CCC1.O=C(Cl)c1c[nH]c(=O)[nH]c1=O.O=C(O)c1c[nH]c(=O)[nH]c1=O.O=C(O)c1cnc(Cl)nc1NC1CCC1.O=C(O)c1cnc(On2nnc3ccccc32)nc1NC1CCC1. The standard InChI is InChI=1S/C15H14N6O3.C11H14ClN3O2.C9H10ClN3O2.C7H6Cl2N2O2.C7H8N2O4.C5H3ClN2O3.C5H4N2O4/c22-14(23)10-8-16-15(18-13(10)17-9-4-3-5-9)24-21-12-7-2-1-6-11(12)19-20-21;1-2-17-10(16)8-6-13-11(12)15-9(8)14-7-4-3-5-7;10-9-11-4-6(8(14)15)7(13-9)12-5-2-1-3-5;1-2-13-6(12)4-3-10-7(9)11-5(4)8;1-2-13-6(11)4-3-8-7(12)9-5(4)10;6-3(9)2-1-7-5(11)8-4(2)10;8-3-2(4(9)10)1-6-5(11)7-3/h1-2,6-9H,3-5H2,(H,22,23)(H,16,17,18);6-7H,2-5H2,1H3,(H,13,14,15);4-5H,1-3H2,(H,14,15)(H,11,12,13);3H,2H2,1H3;3H,2H2,1H3,(H2,8,9,10,12);1H,(H2,7,8,10,11);1H,(H,9,10)(H2,6,7,8,11). The Hall–Kier alpha value is -11.9. The third-order valence-corrected chi connectivity index (χ3v) is 14.7. The van der Waals surface area contributed by atoms with Crippen LogP contribution in [-0.4, -0.2) is 179 Å². The molecule has 0 atom stereocenters. The van der Waals surface area contributed by atoms with Crippen LogP contribution in [0.5, 0.6) is 6.01 Å². The Morgan fingerprint density at radius 1 is 0.490 bits per heavy atom. The molecule has 550 valence electrons. The first-order valence-electron chi connectivity index (χ1n) is 30.3. The molecule has 0 radical (unpaired) electrons. The van der Waals surface area contributed by atoms with Gasteiger partial charge in [-0.2, -0.15) is 15.0 Å². The number of anilines is 3. The Bertz CT molecular complexity index is 4850. The van der Waals surface area contributed by atoms with Crippen LogP contribution in [0.2, 0.25) is 21.0 Å². The third kappa shape index (κ3) is 24.7. The van der Waals surface area contributed by atoms with E-state index in [9.17, 15) is 67.4 Å². The first kappa shape index (κ1) is 81.1. The van der Waals surface area contributed by atoms with Crippen molar-refractivity contribution in [2.75, 3.05) is 35.8 Å². The second kappa shape index (κ2) is 39.9. The number of nitrogens with zero attached hydrogens (tertiary/aromatic N) is 11. The molecule has 0 spiro atoms. The molecule has 3 saturated carbocycles. The number of rotatable bonds is 18. The van der Waals surface area contributed by atoms with Crippen molar-refractivity contribution >= 4 is 128 Å². The summed E-state index contributed by atoms with van der Waals surface area (Å²) in [7, 11) is 0. The monoisotopic (exact) mass is 1540 g/mol. The number of carbonyl (C=O) groups excluding carboxylic acids is 4. The van der Waals surface area contributed by atoms with Crippen molar-refractivity contribution in [1.29, 1.82) is 0 Å². The molecule has 0 amide bonds. The Labute approximate surface area is 606 Å². The second-order valence-electron chi connectivity index (χ2n) is 20.7. The van der Waals surface area contributed by atoms with E-state index in [1.54, 1.807) is 37.9 Å². The third-order valence-electron chi connectivity index (χ3n) is 13.7. The predicted octanol–water partition coefficient (Wildman–Crippen LogP) is 5.19. The Morgan fingerprint density at radius 2 is 0.865 bits per heavy atom. The molecule has 0 saturated heterocycles. The van der Waals surface area contributed by atoms with Gasteiger partial charge in [0.05, 0.1) is 26.0 Å². The molecule has 3 aliphatic rings. The minimum Gasteiger partial charge on any atom is -0.477 e. The number of fused-ring (bicyclic) bond motifs is 1. The Kier molecular flexibility index (Phi) is 31.1. The van der Waals surface area contributed by atoms with Gasteiger partial charge in [-0.1, -0.05) is 28.6 Å². The first-order chi connectivity index (χ1) is 49.6. The zero-order chi connectivity index (χ0) is 76.2.